The summed E-state index contributed by atoms with van der Waals surface area (Å²) >= 11 is 0. The van der Waals surface area contributed by atoms with E-state index >= 15 is 0 Å². The van der Waals surface area contributed by atoms with Crippen molar-refractivity contribution in [1.29, 1.82) is 0 Å². The molecule has 0 saturated heterocycles. The number of methoxy groups -OCH3 is 1. The largest absolute Gasteiger partial charge is 0.493 e. The molecule has 142 valence electrons. The molecular formula is C18H16F2N2O5. The second-order valence-electron chi connectivity index (χ2n) is 5.36. The van der Waals surface area contributed by atoms with Gasteiger partial charge in [-0.25, -0.2) is 5.43 Å². The lowest BCUT2D eigenvalue weighted by atomic mass is 10.2. The molecule has 27 heavy (non-hydrogen) atoms. The van der Waals surface area contributed by atoms with E-state index in [0.29, 0.717) is 11.5 Å². The van der Waals surface area contributed by atoms with Gasteiger partial charge in [0.05, 0.1) is 13.3 Å². The van der Waals surface area contributed by atoms with Crippen molar-refractivity contribution >= 4 is 12.1 Å². The van der Waals surface area contributed by atoms with E-state index in [1.807, 2.05) is 0 Å². The molecule has 2 aromatic rings. The lowest BCUT2D eigenvalue weighted by Gasteiger charge is -2.24. The van der Waals surface area contributed by atoms with Crippen LogP contribution in [0.15, 0.2) is 47.6 Å². The second-order valence-corrected chi connectivity index (χ2v) is 5.36. The number of alkyl halides is 2. The Labute approximate surface area is 153 Å². The number of ether oxygens (including phenoxy) is 4. The highest BCUT2D eigenvalue weighted by Gasteiger charge is 2.27. The van der Waals surface area contributed by atoms with Gasteiger partial charge in [-0.15, -0.1) is 0 Å². The Balaban J connectivity index is 1.66. The molecule has 1 amide bonds. The lowest BCUT2D eigenvalue weighted by molar-refractivity contribution is -0.130. The second kappa shape index (κ2) is 8.35. The maximum Gasteiger partial charge on any atom is 0.387 e. The summed E-state index contributed by atoms with van der Waals surface area (Å²) in [7, 11) is 1.33. The molecule has 0 unspecified atom stereocenters. The van der Waals surface area contributed by atoms with E-state index in [4.69, 9.17) is 14.2 Å². The number of hydrogen-bond donors (Lipinski definition) is 1. The molecule has 1 atom stereocenters. The number of rotatable bonds is 6. The average Bonchev–Trinajstić information content (AvgIpc) is 2.68. The van der Waals surface area contributed by atoms with Crippen LogP contribution in [0.4, 0.5) is 8.78 Å². The molecule has 0 bridgehead atoms. The standard InChI is InChI=1S/C18H16F2N2O5/c1-24-14-8-4-5-11(16(14)27-18(19)20)9-21-22-17(23)15-10-25-12-6-2-3-7-13(12)26-15/h2-9,15,18H,10H2,1H3,(H,22,23)/b21-9-/t15-/m0/s1. The van der Waals surface area contributed by atoms with E-state index in [0.717, 1.165) is 0 Å². The molecule has 0 saturated carbocycles. The quantitative estimate of drug-likeness (QED) is 0.618. The Morgan fingerprint density at radius 1 is 1.26 bits per heavy atom. The van der Waals surface area contributed by atoms with Crippen molar-refractivity contribution in [1.82, 2.24) is 5.43 Å². The Kier molecular flexibility index (Phi) is 5.70. The minimum absolute atomic E-state index is 0.0251. The van der Waals surface area contributed by atoms with Crippen molar-refractivity contribution in [3.63, 3.8) is 0 Å². The number of halogens is 2. The molecule has 1 aliphatic heterocycles. The zero-order chi connectivity index (χ0) is 19.2. The summed E-state index contributed by atoms with van der Waals surface area (Å²) < 4.78 is 45.7. The molecule has 0 aromatic heterocycles. The number of nitrogens with one attached hydrogen (secondary N) is 1. The number of amides is 1. The summed E-state index contributed by atoms with van der Waals surface area (Å²) in [5.74, 6) is 0.397. The summed E-state index contributed by atoms with van der Waals surface area (Å²) in [5.41, 5.74) is 2.50. The van der Waals surface area contributed by atoms with Gasteiger partial charge in [0.2, 0.25) is 6.10 Å². The SMILES string of the molecule is COc1cccc(/C=N\NC(=O)[C@@H]2COc3ccccc3O2)c1OC(F)F. The van der Waals surface area contributed by atoms with Gasteiger partial charge in [0, 0.05) is 5.56 Å². The highest BCUT2D eigenvalue weighted by Crippen LogP contribution is 2.32. The van der Waals surface area contributed by atoms with Gasteiger partial charge in [0.15, 0.2) is 23.0 Å². The predicted octanol–water partition coefficient (Wildman–Crippen LogP) is 2.59. The van der Waals surface area contributed by atoms with Gasteiger partial charge in [-0.3, -0.25) is 4.79 Å². The van der Waals surface area contributed by atoms with Gasteiger partial charge in [0.1, 0.15) is 6.61 Å². The number of para-hydroxylation sites is 3. The van der Waals surface area contributed by atoms with E-state index in [1.54, 1.807) is 30.3 Å². The van der Waals surface area contributed by atoms with Crippen LogP contribution in [0.1, 0.15) is 5.56 Å². The molecule has 1 aliphatic rings. The van der Waals surface area contributed by atoms with E-state index in [-0.39, 0.29) is 23.7 Å². The number of hydrazone groups is 1. The first-order valence-electron chi connectivity index (χ1n) is 7.91. The lowest BCUT2D eigenvalue weighted by Crippen LogP contribution is -2.42. The van der Waals surface area contributed by atoms with Crippen molar-refractivity contribution in [2.45, 2.75) is 12.7 Å². The number of nitrogens with zero attached hydrogens (tertiary/aromatic N) is 1. The van der Waals surface area contributed by atoms with Gasteiger partial charge < -0.3 is 18.9 Å². The zero-order valence-electron chi connectivity index (χ0n) is 14.2. The third-order valence-corrected chi connectivity index (χ3v) is 3.62. The third-order valence-electron chi connectivity index (χ3n) is 3.62. The van der Waals surface area contributed by atoms with E-state index in [9.17, 15) is 13.6 Å². The first kappa shape index (κ1) is 18.4. The molecule has 3 rings (SSSR count). The summed E-state index contributed by atoms with van der Waals surface area (Å²) in [5, 5.41) is 3.78. The smallest absolute Gasteiger partial charge is 0.387 e. The molecule has 1 heterocycles. The number of carbonyl (C=O) groups is 1. The van der Waals surface area contributed by atoms with Crippen LogP contribution < -0.4 is 24.4 Å². The van der Waals surface area contributed by atoms with Crippen LogP contribution in [-0.2, 0) is 4.79 Å². The van der Waals surface area contributed by atoms with Crippen LogP contribution >= 0.6 is 0 Å². The van der Waals surface area contributed by atoms with Gasteiger partial charge in [0.25, 0.3) is 5.91 Å². The van der Waals surface area contributed by atoms with Crippen molar-refractivity contribution in [2.24, 2.45) is 5.10 Å². The predicted molar refractivity (Wildman–Crippen MR) is 91.7 cm³/mol. The van der Waals surface area contributed by atoms with Crippen LogP contribution in [0, 0.1) is 0 Å². The first-order valence-corrected chi connectivity index (χ1v) is 7.91. The van der Waals surface area contributed by atoms with E-state index in [1.165, 1.54) is 25.5 Å². The van der Waals surface area contributed by atoms with Crippen LogP contribution in [0.2, 0.25) is 0 Å². The molecule has 0 radical (unpaired) electrons. The van der Waals surface area contributed by atoms with Gasteiger partial charge in [-0.1, -0.05) is 18.2 Å². The minimum atomic E-state index is -3.03. The van der Waals surface area contributed by atoms with E-state index in [2.05, 4.69) is 15.3 Å². The molecule has 2 aromatic carbocycles. The molecule has 0 aliphatic carbocycles. The third kappa shape index (κ3) is 4.43. The van der Waals surface area contributed by atoms with Crippen molar-refractivity contribution in [2.75, 3.05) is 13.7 Å². The summed E-state index contributed by atoms with van der Waals surface area (Å²) in [6.45, 7) is -3.01. The topological polar surface area (TPSA) is 78.4 Å². The van der Waals surface area contributed by atoms with Crippen LogP contribution in [-0.4, -0.2) is 38.6 Å². The van der Waals surface area contributed by atoms with Crippen molar-refractivity contribution < 1.29 is 32.5 Å². The number of fused-ring (bicyclic) bond motifs is 1. The maximum atomic E-state index is 12.6. The summed E-state index contributed by atoms with van der Waals surface area (Å²) in [6.07, 6.45) is 0.287. The number of benzene rings is 2. The molecular weight excluding hydrogens is 362 g/mol. The van der Waals surface area contributed by atoms with Crippen molar-refractivity contribution in [3.8, 4) is 23.0 Å². The fourth-order valence-corrected chi connectivity index (χ4v) is 2.40. The van der Waals surface area contributed by atoms with Gasteiger partial charge in [-0.2, -0.15) is 13.9 Å². The first-order chi connectivity index (χ1) is 13.1. The minimum Gasteiger partial charge on any atom is -0.493 e. The summed E-state index contributed by atoms with van der Waals surface area (Å²) in [6, 6.07) is 11.5. The highest BCUT2D eigenvalue weighted by molar-refractivity contribution is 5.87. The molecule has 0 spiro atoms. The Hall–Kier alpha value is -3.36. The van der Waals surface area contributed by atoms with Crippen LogP contribution in [0.5, 0.6) is 23.0 Å². The molecule has 9 heteroatoms. The Morgan fingerprint density at radius 3 is 2.78 bits per heavy atom. The normalized spacial score (nSPS) is 15.6. The Morgan fingerprint density at radius 2 is 2.04 bits per heavy atom. The number of hydrogen-bond acceptors (Lipinski definition) is 6. The average molecular weight is 378 g/mol. The zero-order valence-corrected chi connectivity index (χ0v) is 14.2. The van der Waals surface area contributed by atoms with E-state index < -0.39 is 18.6 Å². The van der Waals surface area contributed by atoms with Gasteiger partial charge in [-0.05, 0) is 24.3 Å². The summed E-state index contributed by atoms with van der Waals surface area (Å²) in [4.78, 5) is 12.2. The van der Waals surface area contributed by atoms with Crippen LogP contribution in [0.25, 0.3) is 0 Å². The molecule has 7 nitrogen and oxygen atoms in total. The Bertz CT molecular complexity index is 844. The fourth-order valence-electron chi connectivity index (χ4n) is 2.40. The number of carbonyl (C=O) groups excluding carboxylic acids is 1. The molecule has 0 fully saturated rings. The molecule has 1 N–H and O–H groups in total. The monoisotopic (exact) mass is 378 g/mol. The van der Waals surface area contributed by atoms with Crippen molar-refractivity contribution in [3.05, 3.63) is 48.0 Å². The highest BCUT2D eigenvalue weighted by atomic mass is 19.3. The maximum absolute atomic E-state index is 12.6. The van der Waals surface area contributed by atoms with Crippen LogP contribution in [0.3, 0.4) is 0 Å². The van der Waals surface area contributed by atoms with Gasteiger partial charge >= 0.3 is 6.61 Å². The fraction of sp³-hybridized carbons (Fsp3) is 0.222.